The van der Waals surface area contributed by atoms with Gasteiger partial charge in [0.2, 0.25) is 11.4 Å². The van der Waals surface area contributed by atoms with Crippen LogP contribution in [0.5, 0.6) is 0 Å². The predicted molar refractivity (Wildman–Crippen MR) is 423 cm³/mol. The summed E-state index contributed by atoms with van der Waals surface area (Å²) in [4.78, 5) is 6.46. The third-order valence-electron chi connectivity index (χ3n) is 20.9. The first-order valence-corrected chi connectivity index (χ1v) is 43.4. The Morgan fingerprint density at radius 2 is 0.537 bits per heavy atom. The van der Waals surface area contributed by atoms with Crippen molar-refractivity contribution < 1.29 is 19.1 Å². The number of allylic oxidation sites excluding steroid dienone is 2. The Balaban J connectivity index is 0.000000662. The van der Waals surface area contributed by atoms with E-state index in [1.807, 2.05) is 0 Å². The Hall–Kier alpha value is -2.87. The molecule has 1 aliphatic rings. The molecule has 2 aromatic rings. The van der Waals surface area contributed by atoms with Crippen LogP contribution in [0.3, 0.4) is 0 Å². The van der Waals surface area contributed by atoms with Crippen LogP contribution in [-0.4, -0.2) is 4.70 Å². The van der Waals surface area contributed by atoms with Crippen molar-refractivity contribution in [3.05, 3.63) is 85.5 Å². The van der Waals surface area contributed by atoms with E-state index in [2.05, 4.69) is 115 Å². The van der Waals surface area contributed by atoms with E-state index in [1.165, 1.54) is 386 Å². The Labute approximate surface area is 601 Å². The number of unbranched alkanes of at least 4 members (excludes halogenated alkanes) is 50. The minimum Gasteiger partial charge on any atom is -0.0654 e. The summed E-state index contributed by atoms with van der Waals surface area (Å²) in [7, 11) is 0. The molecule has 0 atom stereocenters. The Bertz CT molecular complexity index is 2240. The summed E-state index contributed by atoms with van der Waals surface area (Å²) < 4.78 is 1.61. The van der Waals surface area contributed by atoms with Crippen LogP contribution in [0.1, 0.15) is 472 Å². The molecule has 0 N–H and O–H groups in total. The summed E-state index contributed by atoms with van der Waals surface area (Å²) in [6, 6.07) is 9.49. The number of benzene rings is 2. The normalized spacial score (nSPS) is 12.3. The van der Waals surface area contributed by atoms with Gasteiger partial charge in [-0.3, -0.25) is 0 Å². The monoisotopic (exact) mass is 1350 g/mol. The number of rotatable bonds is 62. The van der Waals surface area contributed by atoms with Gasteiger partial charge in [-0.2, -0.15) is 0 Å². The van der Waals surface area contributed by atoms with E-state index in [9.17, 15) is 5.53 Å². The van der Waals surface area contributed by atoms with Crippen molar-refractivity contribution >= 4 is 11.4 Å². The Morgan fingerprint density at radius 3 is 0.821 bits per heavy atom. The first-order valence-electron chi connectivity index (χ1n) is 42.4. The third-order valence-corrected chi connectivity index (χ3v) is 21.5. The fourth-order valence-corrected chi connectivity index (χ4v) is 15.2. The number of hydrogen-bond donors (Lipinski definition) is 0. The van der Waals surface area contributed by atoms with Crippen LogP contribution in [0.2, 0.25) is 0 Å². The molecule has 1 heterocycles. The van der Waals surface area contributed by atoms with E-state index in [-0.39, 0.29) is 0 Å². The number of hydrogen-bond acceptors (Lipinski definition) is 0. The SMILES string of the molecule is CCCCCCCCC1=C(c2cc(CCC)c(CCC)c(CCC)c2)[N+](=[N-])C(c2cc(C)c(C)c(C)c2)=C1CCCC.CCCCCCCCCCCCCCCCCCCCCCCCC#[C][Ni][C]#CCCCCCCCCCCCCCCCCCCCCCCCC. The van der Waals surface area contributed by atoms with Crippen LogP contribution >= 0.6 is 0 Å². The molecule has 0 radical (unpaired) electrons. The maximum atomic E-state index is 12.3. The van der Waals surface area contributed by atoms with Gasteiger partial charge in [-0.05, 0) is 123 Å². The summed E-state index contributed by atoms with van der Waals surface area (Å²) >= 11 is 1.33. The summed E-state index contributed by atoms with van der Waals surface area (Å²) in [5, 5.41) is 0. The average Bonchev–Trinajstić information content (AvgIpc) is 1.61. The molecule has 3 heteroatoms. The topological polar surface area (TPSA) is 25.3 Å². The summed E-state index contributed by atoms with van der Waals surface area (Å²) in [5.41, 5.74) is 28.0. The average molecular weight is 1350 g/mol. The number of nitrogens with zero attached hydrogens (tertiary/aromatic N) is 2. The van der Waals surface area contributed by atoms with Gasteiger partial charge in [-0.15, -0.1) is 0 Å². The Morgan fingerprint density at radius 1 is 0.284 bits per heavy atom. The van der Waals surface area contributed by atoms with Gasteiger partial charge >= 0.3 is 164 Å². The molecule has 546 valence electrons. The van der Waals surface area contributed by atoms with E-state index in [0.717, 1.165) is 87.6 Å². The first-order chi connectivity index (χ1) is 46.7. The van der Waals surface area contributed by atoms with E-state index >= 15 is 0 Å². The standard InChI is InChI=1S/C40H60N2.2C26H49.Ni/c1-9-14-16-17-18-19-24-38-37(23-15-10-2)39(34-25-29(6)31(8)30(7)26-34)42(41)40(38)35-27-32(20-11-3)36(22-13-5)33(28-35)21-12-4;2*1-3-5-7-9-11-13-15-17-19-21-23-25-26-24-22-20-18-16-14-12-10-8-6-4-2;/h25-28H,9-24H2,1-8H3;2*3,5-26H2,1H3;. The summed E-state index contributed by atoms with van der Waals surface area (Å²) in [5.74, 6) is 6.67. The van der Waals surface area contributed by atoms with Crippen molar-refractivity contribution in [3.63, 3.8) is 0 Å². The van der Waals surface area contributed by atoms with Crippen LogP contribution in [0, 0.1) is 42.4 Å². The molecule has 0 fully saturated rings. The van der Waals surface area contributed by atoms with Crippen molar-refractivity contribution in [2.24, 2.45) is 0 Å². The molecule has 0 saturated carbocycles. The zero-order valence-electron chi connectivity index (χ0n) is 65.4. The molecule has 95 heavy (non-hydrogen) atoms. The van der Waals surface area contributed by atoms with Crippen LogP contribution in [-0.2, 0) is 33.7 Å². The molecule has 0 bridgehead atoms. The molecular weight excluding hydrogens is 1190 g/mol. The maximum absolute atomic E-state index is 12.3. The molecule has 0 aromatic heterocycles. The minimum atomic E-state index is 1.01. The fraction of sp³-hybridized carbons (Fsp3) is 0.783. The minimum absolute atomic E-state index is 1.01. The van der Waals surface area contributed by atoms with Gasteiger partial charge in [-0.25, -0.2) is 4.70 Å². The quantitative estimate of drug-likeness (QED) is 0.0273. The van der Waals surface area contributed by atoms with Crippen LogP contribution in [0.15, 0.2) is 35.4 Å². The molecule has 0 amide bonds. The Kier molecular flexibility index (Phi) is 59.9. The molecule has 0 aliphatic carbocycles. The van der Waals surface area contributed by atoms with Gasteiger partial charge in [-0.1, -0.05) is 273 Å². The van der Waals surface area contributed by atoms with Gasteiger partial charge in [0, 0.05) is 22.3 Å². The zero-order chi connectivity index (χ0) is 68.7. The second-order valence-electron chi connectivity index (χ2n) is 29.8. The van der Waals surface area contributed by atoms with Gasteiger partial charge in [0.1, 0.15) is 0 Å². The van der Waals surface area contributed by atoms with E-state index in [0.29, 0.717) is 0 Å². The fourth-order valence-electron chi connectivity index (χ4n) is 14.7. The summed E-state index contributed by atoms with van der Waals surface area (Å²) in [6.07, 6.45) is 84.5. The van der Waals surface area contributed by atoms with Gasteiger partial charge < -0.3 is 5.53 Å². The van der Waals surface area contributed by atoms with Gasteiger partial charge in [0.25, 0.3) is 0 Å². The summed E-state index contributed by atoms with van der Waals surface area (Å²) in [6.45, 7) is 22.7. The molecule has 0 spiro atoms. The van der Waals surface area contributed by atoms with E-state index < -0.39 is 0 Å². The predicted octanol–water partition coefficient (Wildman–Crippen LogP) is 31.6. The van der Waals surface area contributed by atoms with Crippen molar-refractivity contribution in [1.82, 2.24) is 0 Å². The third kappa shape index (κ3) is 44.1. The number of aryl methyl sites for hydroxylation is 4. The van der Waals surface area contributed by atoms with E-state index in [1.54, 1.807) is 10.3 Å². The molecule has 2 nitrogen and oxygen atoms in total. The van der Waals surface area contributed by atoms with Crippen molar-refractivity contribution in [2.45, 2.75) is 467 Å². The van der Waals surface area contributed by atoms with Crippen LogP contribution < -0.4 is 0 Å². The van der Waals surface area contributed by atoms with Crippen LogP contribution in [0.25, 0.3) is 16.9 Å². The van der Waals surface area contributed by atoms with Crippen LogP contribution in [0.4, 0.5) is 0 Å². The van der Waals surface area contributed by atoms with Crippen molar-refractivity contribution in [1.29, 1.82) is 0 Å². The van der Waals surface area contributed by atoms with Gasteiger partial charge in [0.15, 0.2) is 0 Å². The molecule has 0 saturated heterocycles. The smallest absolute Gasteiger partial charge is 0.0654 e. The molecule has 2 aromatic carbocycles. The van der Waals surface area contributed by atoms with E-state index in [4.69, 9.17) is 0 Å². The van der Waals surface area contributed by atoms with Crippen molar-refractivity contribution in [3.8, 4) is 21.6 Å². The molecule has 3 rings (SSSR count). The first kappa shape index (κ1) is 88.2. The molecule has 0 unspecified atom stereocenters. The second kappa shape index (κ2) is 64.5. The van der Waals surface area contributed by atoms with Gasteiger partial charge in [0.05, 0.1) is 0 Å². The molecular formula is C92H158N2Ni. The van der Waals surface area contributed by atoms with Crippen molar-refractivity contribution in [2.75, 3.05) is 0 Å². The second-order valence-corrected chi connectivity index (χ2v) is 30.5. The zero-order valence-corrected chi connectivity index (χ0v) is 66.3. The molecule has 1 aliphatic heterocycles.